The van der Waals surface area contributed by atoms with Crippen LogP contribution in [-0.2, 0) is 14.3 Å². The molecule has 388 valence electrons. The van der Waals surface area contributed by atoms with Gasteiger partial charge in [-0.2, -0.15) is 25.3 Å². The summed E-state index contributed by atoms with van der Waals surface area (Å²) < 4.78 is 5.86. The maximum atomic E-state index is 11.4. The summed E-state index contributed by atoms with van der Waals surface area (Å²) in [6.45, 7) is 40.1. The van der Waals surface area contributed by atoms with Crippen molar-refractivity contribution in [2.45, 2.75) is 283 Å². The number of ether oxygens (including phenoxy) is 1. The highest BCUT2D eigenvalue weighted by atomic mass is 127. The standard InChI is InChI=1S/C11H21IN2O2.C10H18N2OS.C10H21NO2.C9H17NO2.C9H19NO/c1-10(2)5-8(13-9(15)7-12)6-11(3,4)14(10)16;1-9(2)5-8(11-7-14)6-10(3,4)12(9)13;1-9(2)6-8(13-5)7-10(3,4)11(9)12;1-8(2)5-7(11)6-9(3,4)10(8)12;1-8(2)6-5-7-9(3,4)10(8)11/h8,16H,5-7H2,1-4H3,(H,13,15);8,13H,5-6H2,1-4H3;8,12H,6-7H2,1-5H3;12H,5-6H2,1-4H3;11H,5-7H2,1-4H3. The minimum atomic E-state index is -0.418. The molecule has 5 fully saturated rings. The molecule has 0 saturated carbocycles. The van der Waals surface area contributed by atoms with E-state index in [0.29, 0.717) is 17.3 Å². The van der Waals surface area contributed by atoms with Gasteiger partial charge in [-0.25, -0.2) is 4.99 Å². The van der Waals surface area contributed by atoms with Crippen LogP contribution >= 0.6 is 34.8 Å². The lowest BCUT2D eigenvalue weighted by Gasteiger charge is -2.51. The number of hydrogen-bond donors (Lipinski definition) is 6. The predicted octanol–water partition coefficient (Wildman–Crippen LogP) is 10.5. The normalized spacial score (nSPS) is 27.9. The van der Waals surface area contributed by atoms with Gasteiger partial charge in [-0.1, -0.05) is 22.6 Å². The van der Waals surface area contributed by atoms with Crippen molar-refractivity contribution in [1.82, 2.24) is 30.6 Å². The van der Waals surface area contributed by atoms with Gasteiger partial charge in [0.2, 0.25) is 5.91 Å². The molecule has 0 unspecified atom stereocenters. The molecular weight excluding hydrogens is 974 g/mol. The van der Waals surface area contributed by atoms with Crippen LogP contribution in [0.15, 0.2) is 4.99 Å². The highest BCUT2D eigenvalue weighted by Gasteiger charge is 2.48. The van der Waals surface area contributed by atoms with Gasteiger partial charge in [0.05, 0.1) is 21.7 Å². The van der Waals surface area contributed by atoms with Gasteiger partial charge >= 0.3 is 0 Å². The first kappa shape index (κ1) is 63.2. The Balaban J connectivity index is 0.000000415. The maximum Gasteiger partial charge on any atom is 0.230 e. The molecule has 5 saturated heterocycles. The number of Topliss-reactive ketones (excluding diaryl/α,β-unsaturated/α-hetero) is 1. The molecule has 5 aliphatic heterocycles. The van der Waals surface area contributed by atoms with Crippen LogP contribution in [0, 0.1) is 0 Å². The zero-order valence-electron chi connectivity index (χ0n) is 45.1. The van der Waals surface area contributed by atoms with Crippen molar-refractivity contribution in [2.24, 2.45) is 4.99 Å². The Labute approximate surface area is 419 Å². The third-order valence-corrected chi connectivity index (χ3v) is 14.8. The highest BCUT2D eigenvalue weighted by Crippen LogP contribution is 2.40. The summed E-state index contributed by atoms with van der Waals surface area (Å²) >= 11 is 6.68. The Morgan fingerprint density at radius 1 is 0.591 bits per heavy atom. The van der Waals surface area contributed by atoms with Crippen LogP contribution in [0.4, 0.5) is 0 Å². The number of nitrogens with zero attached hydrogens (tertiary/aromatic N) is 6. The van der Waals surface area contributed by atoms with Crippen LogP contribution < -0.4 is 5.32 Å². The molecule has 0 aromatic rings. The molecule has 1 amide bonds. The van der Waals surface area contributed by atoms with Gasteiger partial charge in [0.15, 0.2) is 0 Å². The number of carbonyl (C=O) groups is 2. The summed E-state index contributed by atoms with van der Waals surface area (Å²) in [4.78, 5) is 26.8. The number of carbonyl (C=O) groups excluding carboxylic acids is 2. The van der Waals surface area contributed by atoms with Crippen molar-refractivity contribution in [3.63, 3.8) is 0 Å². The lowest BCUT2D eigenvalue weighted by atomic mass is 9.79. The number of methoxy groups -OCH3 is 1. The van der Waals surface area contributed by atoms with Crippen molar-refractivity contribution in [1.29, 1.82) is 0 Å². The van der Waals surface area contributed by atoms with Crippen molar-refractivity contribution >= 4 is 51.7 Å². The van der Waals surface area contributed by atoms with E-state index in [1.807, 2.05) is 111 Å². The van der Waals surface area contributed by atoms with Crippen molar-refractivity contribution in [2.75, 3.05) is 11.5 Å². The summed E-state index contributed by atoms with van der Waals surface area (Å²) in [6.07, 6.45) is 9.47. The molecule has 6 N–H and O–H groups in total. The number of piperidine rings is 5. The third-order valence-electron chi connectivity index (χ3n) is 14.0. The molecule has 5 rings (SSSR count). The average molecular weight is 1070 g/mol. The largest absolute Gasteiger partial charge is 0.381 e. The maximum absolute atomic E-state index is 11.4. The van der Waals surface area contributed by atoms with E-state index in [1.165, 1.54) is 31.7 Å². The van der Waals surface area contributed by atoms with Crippen LogP contribution in [0.25, 0.3) is 0 Å². The van der Waals surface area contributed by atoms with Crippen molar-refractivity contribution < 1.29 is 40.4 Å². The van der Waals surface area contributed by atoms with E-state index in [4.69, 9.17) is 4.74 Å². The van der Waals surface area contributed by atoms with Gasteiger partial charge < -0.3 is 36.1 Å². The number of halogens is 1. The molecule has 0 aliphatic carbocycles. The van der Waals surface area contributed by atoms with E-state index in [1.54, 1.807) is 7.11 Å². The van der Waals surface area contributed by atoms with Crippen LogP contribution in [0.5, 0.6) is 0 Å². The average Bonchev–Trinajstić information content (AvgIpc) is 3.13. The van der Waals surface area contributed by atoms with Gasteiger partial charge in [-0.05, 0) is 208 Å². The number of rotatable bonds is 4. The summed E-state index contributed by atoms with van der Waals surface area (Å²) in [5.41, 5.74) is -2.40. The number of amides is 1. The van der Waals surface area contributed by atoms with Crippen LogP contribution in [0.2, 0.25) is 0 Å². The summed E-state index contributed by atoms with van der Waals surface area (Å²) in [5, 5.41) is 62.2. The van der Waals surface area contributed by atoms with E-state index in [0.717, 1.165) is 51.4 Å². The van der Waals surface area contributed by atoms with Crippen LogP contribution in [0.1, 0.15) is 209 Å². The third kappa shape index (κ3) is 17.5. The molecular formula is C49H96IN7O8S. The zero-order valence-corrected chi connectivity index (χ0v) is 48.1. The zero-order chi connectivity index (χ0) is 52.1. The number of thiocarbonyl (C=S) groups is 1. The topological polar surface area (TPSA) is 185 Å². The Morgan fingerprint density at radius 2 is 0.894 bits per heavy atom. The van der Waals surface area contributed by atoms with Gasteiger partial charge in [-0.3, -0.25) is 9.59 Å². The van der Waals surface area contributed by atoms with Crippen LogP contribution in [-0.4, -0.2) is 153 Å². The minimum absolute atomic E-state index is 0.0399. The lowest BCUT2D eigenvalue weighted by molar-refractivity contribution is -0.259. The predicted molar refractivity (Wildman–Crippen MR) is 275 cm³/mol. The molecule has 66 heavy (non-hydrogen) atoms. The second-order valence-corrected chi connectivity index (χ2v) is 26.7. The number of ketones is 1. The molecule has 5 aliphatic rings. The number of nitrogens with one attached hydrogen (secondary N) is 1. The monoisotopic (exact) mass is 1070 g/mol. The van der Waals surface area contributed by atoms with Gasteiger partial charge in [-0.15, -0.1) is 0 Å². The highest BCUT2D eigenvalue weighted by molar-refractivity contribution is 14.1. The van der Waals surface area contributed by atoms with E-state index in [2.05, 4.69) is 78.0 Å². The molecule has 0 bridgehead atoms. The van der Waals surface area contributed by atoms with Crippen molar-refractivity contribution in [3.05, 3.63) is 0 Å². The van der Waals surface area contributed by atoms with Gasteiger partial charge in [0.25, 0.3) is 0 Å². The molecule has 5 heterocycles. The van der Waals surface area contributed by atoms with Crippen molar-refractivity contribution in [3.8, 4) is 0 Å². The quantitative estimate of drug-likeness (QED) is 0.0676. The molecule has 15 nitrogen and oxygen atoms in total. The molecule has 0 spiro atoms. The lowest BCUT2D eigenvalue weighted by Crippen LogP contribution is -2.63. The van der Waals surface area contributed by atoms with Crippen LogP contribution in [0.3, 0.4) is 0 Å². The fraction of sp³-hybridized carbons (Fsp3) is 0.939. The number of alkyl halides is 1. The molecule has 0 aromatic heterocycles. The van der Waals surface area contributed by atoms with E-state index in [-0.39, 0.29) is 74.2 Å². The SMILES string of the molecule is CC1(C)CC(=O)CC(C)(C)N1O.CC1(C)CC(N=C=S)CC(C)(C)N1O.CC1(C)CC(NC(=O)CI)CC(C)(C)N1O.CC1(C)CCCC(C)(C)N1O.COC1CC(C)(C)N(O)C(C)(C)C1. The Kier molecular flexibility index (Phi) is 22.2. The van der Waals surface area contributed by atoms with E-state index < -0.39 is 11.1 Å². The Bertz CT molecular complexity index is 1560. The number of aliphatic imine (C=N–C) groups is 1. The number of hydroxylamine groups is 10. The number of isothiocyanates is 1. The fourth-order valence-corrected chi connectivity index (χ4v) is 11.7. The van der Waals surface area contributed by atoms with E-state index in [9.17, 15) is 35.6 Å². The smallest absolute Gasteiger partial charge is 0.230 e. The fourth-order valence-electron chi connectivity index (χ4n) is 11.3. The summed E-state index contributed by atoms with van der Waals surface area (Å²) in [6, 6.07) is 0.330. The Morgan fingerprint density at radius 3 is 1.20 bits per heavy atom. The summed E-state index contributed by atoms with van der Waals surface area (Å²) in [7, 11) is 1.74. The summed E-state index contributed by atoms with van der Waals surface area (Å²) in [5.74, 6) is 0.305. The number of hydrogen-bond acceptors (Lipinski definition) is 15. The van der Waals surface area contributed by atoms with Gasteiger partial charge in [0, 0.05) is 81.4 Å². The first-order valence-electron chi connectivity index (χ1n) is 23.8. The molecule has 0 atom stereocenters. The Hall–Kier alpha value is -0.770. The molecule has 17 heteroatoms. The second kappa shape index (κ2) is 23.2. The minimum Gasteiger partial charge on any atom is -0.381 e. The first-order valence-corrected chi connectivity index (χ1v) is 25.8. The van der Waals surface area contributed by atoms with E-state index >= 15 is 0 Å². The first-order chi connectivity index (χ1) is 29.4. The van der Waals surface area contributed by atoms with Gasteiger partial charge in [0.1, 0.15) is 5.78 Å². The second-order valence-electron chi connectivity index (χ2n) is 25.8. The molecule has 0 radical (unpaired) electrons. The molecule has 0 aromatic carbocycles.